The Hall–Kier alpha value is -1.08. The van der Waals surface area contributed by atoms with Gasteiger partial charge in [-0.1, -0.05) is 11.8 Å². The Morgan fingerprint density at radius 2 is 2.33 bits per heavy atom. The average Bonchev–Trinajstić information content (AvgIpc) is 2.48. The van der Waals surface area contributed by atoms with Gasteiger partial charge in [-0.05, 0) is 6.92 Å². The largest absolute Gasteiger partial charge is 0.480 e. The molecule has 84 valence electrons. The smallest absolute Gasteiger partial charge is 0.319 e. The number of carboxylic acids is 1. The predicted molar refractivity (Wildman–Crippen MR) is 54.9 cm³/mol. The number of aryl methyl sites for hydroxylation is 1. The molecule has 0 aliphatic rings. The number of hydrogen-bond donors (Lipinski definition) is 1. The minimum Gasteiger partial charge on any atom is -0.480 e. The first-order valence-electron chi connectivity index (χ1n) is 4.30. The number of aliphatic carboxylic acids is 1. The molecule has 0 aliphatic heterocycles. The van der Waals surface area contributed by atoms with Crippen LogP contribution in [-0.2, 0) is 16.6 Å². The molecule has 0 fully saturated rings. The summed E-state index contributed by atoms with van der Waals surface area (Å²) in [5, 5.41) is 16.6. The SMILES string of the molecule is COCC(Sc1nnc(C)n1C)C(=O)O. The van der Waals surface area contributed by atoms with Crippen LogP contribution in [0.25, 0.3) is 0 Å². The van der Waals surface area contributed by atoms with Gasteiger partial charge in [-0.25, -0.2) is 0 Å². The van der Waals surface area contributed by atoms with E-state index >= 15 is 0 Å². The summed E-state index contributed by atoms with van der Waals surface area (Å²) in [6, 6.07) is 0. The predicted octanol–water partition coefficient (Wildman–Crippen LogP) is 0.315. The number of rotatable bonds is 5. The number of thioether (sulfide) groups is 1. The van der Waals surface area contributed by atoms with Gasteiger partial charge in [0.25, 0.3) is 0 Å². The molecule has 0 saturated heterocycles. The van der Waals surface area contributed by atoms with Gasteiger partial charge in [0.05, 0.1) is 6.61 Å². The Morgan fingerprint density at radius 3 is 2.73 bits per heavy atom. The number of carbonyl (C=O) groups is 1. The molecule has 0 aromatic carbocycles. The molecule has 6 nitrogen and oxygen atoms in total. The van der Waals surface area contributed by atoms with Crippen molar-refractivity contribution in [3.8, 4) is 0 Å². The van der Waals surface area contributed by atoms with Gasteiger partial charge in [0.15, 0.2) is 5.16 Å². The lowest BCUT2D eigenvalue weighted by atomic mass is 10.5. The number of carboxylic acid groups (broad SMARTS) is 1. The summed E-state index contributed by atoms with van der Waals surface area (Å²) in [7, 11) is 3.27. The molecule has 0 saturated carbocycles. The molecule has 7 heteroatoms. The molecule has 1 N–H and O–H groups in total. The molecule has 1 atom stereocenters. The molecule has 0 aliphatic carbocycles. The Labute approximate surface area is 91.6 Å². The minimum absolute atomic E-state index is 0.145. The molecular formula is C8H13N3O3S. The molecule has 0 spiro atoms. The molecule has 1 rings (SSSR count). The van der Waals surface area contributed by atoms with Gasteiger partial charge >= 0.3 is 5.97 Å². The monoisotopic (exact) mass is 231 g/mol. The first kappa shape index (κ1) is 12.0. The first-order valence-corrected chi connectivity index (χ1v) is 5.18. The maximum absolute atomic E-state index is 10.9. The standard InChI is InChI=1S/C8H13N3O3S/c1-5-9-10-8(11(5)2)15-6(4-14-3)7(12)13/h6H,4H2,1-3H3,(H,12,13). The first-order chi connectivity index (χ1) is 7.06. The highest BCUT2D eigenvalue weighted by Gasteiger charge is 2.21. The average molecular weight is 231 g/mol. The number of methoxy groups -OCH3 is 1. The van der Waals surface area contributed by atoms with Gasteiger partial charge < -0.3 is 14.4 Å². The summed E-state index contributed by atoms with van der Waals surface area (Å²) in [6.45, 7) is 1.95. The van der Waals surface area contributed by atoms with Gasteiger partial charge in [-0.3, -0.25) is 4.79 Å². The highest BCUT2D eigenvalue weighted by atomic mass is 32.2. The van der Waals surface area contributed by atoms with Gasteiger partial charge in [0, 0.05) is 14.2 Å². The molecule has 0 bridgehead atoms. The number of nitrogens with zero attached hydrogens (tertiary/aromatic N) is 3. The van der Waals surface area contributed by atoms with Gasteiger partial charge in [0.1, 0.15) is 11.1 Å². The van der Waals surface area contributed by atoms with Crippen molar-refractivity contribution >= 4 is 17.7 Å². The van der Waals surface area contributed by atoms with E-state index in [1.54, 1.807) is 11.6 Å². The molecule has 1 heterocycles. The summed E-state index contributed by atoms with van der Waals surface area (Å²) in [6.07, 6.45) is 0. The zero-order valence-corrected chi connectivity index (χ0v) is 9.61. The maximum atomic E-state index is 10.9. The van der Waals surface area contributed by atoms with Crippen LogP contribution in [0.5, 0.6) is 0 Å². The van der Waals surface area contributed by atoms with Crippen molar-refractivity contribution in [2.75, 3.05) is 13.7 Å². The van der Waals surface area contributed by atoms with Gasteiger partial charge in [-0.2, -0.15) is 0 Å². The van der Waals surface area contributed by atoms with Crippen LogP contribution in [0.2, 0.25) is 0 Å². The zero-order chi connectivity index (χ0) is 11.4. The highest BCUT2D eigenvalue weighted by Crippen LogP contribution is 2.21. The molecule has 0 radical (unpaired) electrons. The number of hydrogen-bond acceptors (Lipinski definition) is 5. The van der Waals surface area contributed by atoms with E-state index in [0.717, 1.165) is 17.6 Å². The van der Waals surface area contributed by atoms with E-state index in [1.807, 2.05) is 6.92 Å². The summed E-state index contributed by atoms with van der Waals surface area (Å²) in [5.41, 5.74) is 0. The molecule has 1 unspecified atom stereocenters. The van der Waals surface area contributed by atoms with Crippen LogP contribution < -0.4 is 0 Å². The van der Waals surface area contributed by atoms with E-state index in [-0.39, 0.29) is 6.61 Å². The lowest BCUT2D eigenvalue weighted by molar-refractivity contribution is -0.137. The number of aromatic nitrogens is 3. The fourth-order valence-electron chi connectivity index (χ4n) is 0.925. The zero-order valence-electron chi connectivity index (χ0n) is 8.80. The molecule has 1 aromatic heterocycles. The highest BCUT2D eigenvalue weighted by molar-refractivity contribution is 8.00. The topological polar surface area (TPSA) is 77.2 Å². The summed E-state index contributed by atoms with van der Waals surface area (Å²) >= 11 is 1.13. The Kier molecular flexibility index (Phi) is 4.10. The van der Waals surface area contributed by atoms with Crippen LogP contribution in [0.3, 0.4) is 0 Å². The van der Waals surface area contributed by atoms with Crippen molar-refractivity contribution in [2.24, 2.45) is 7.05 Å². The van der Waals surface area contributed by atoms with Gasteiger partial charge in [0.2, 0.25) is 0 Å². The number of ether oxygens (including phenoxy) is 1. The maximum Gasteiger partial charge on any atom is 0.319 e. The fourth-order valence-corrected chi connectivity index (χ4v) is 1.86. The van der Waals surface area contributed by atoms with E-state index in [9.17, 15) is 4.79 Å². The van der Waals surface area contributed by atoms with Crippen molar-refractivity contribution in [3.63, 3.8) is 0 Å². The summed E-state index contributed by atoms with van der Waals surface area (Å²) in [4.78, 5) is 10.9. The van der Waals surface area contributed by atoms with Crippen molar-refractivity contribution in [3.05, 3.63) is 5.82 Å². The van der Waals surface area contributed by atoms with Crippen molar-refractivity contribution < 1.29 is 14.6 Å². The second-order valence-corrected chi connectivity index (χ2v) is 4.16. The van der Waals surface area contributed by atoms with Crippen molar-refractivity contribution in [2.45, 2.75) is 17.3 Å². The third kappa shape index (κ3) is 2.93. The van der Waals surface area contributed by atoms with E-state index in [2.05, 4.69) is 10.2 Å². The van der Waals surface area contributed by atoms with Crippen LogP contribution in [0.15, 0.2) is 5.16 Å². The minimum atomic E-state index is -0.914. The summed E-state index contributed by atoms with van der Waals surface area (Å²) < 4.78 is 6.57. The lowest BCUT2D eigenvalue weighted by Crippen LogP contribution is -2.22. The second kappa shape index (κ2) is 5.13. The summed E-state index contributed by atoms with van der Waals surface area (Å²) in [5.74, 6) is -0.165. The Morgan fingerprint density at radius 1 is 1.67 bits per heavy atom. The van der Waals surface area contributed by atoms with E-state index < -0.39 is 11.2 Å². The quantitative estimate of drug-likeness (QED) is 0.735. The molecular weight excluding hydrogens is 218 g/mol. The Balaban J connectivity index is 2.74. The molecule has 0 amide bonds. The Bertz CT molecular complexity index is 353. The fraction of sp³-hybridized carbons (Fsp3) is 0.625. The van der Waals surface area contributed by atoms with Crippen LogP contribution in [0, 0.1) is 6.92 Å². The van der Waals surface area contributed by atoms with Crippen LogP contribution in [-0.4, -0.2) is 44.8 Å². The third-order valence-corrected chi connectivity index (χ3v) is 3.08. The van der Waals surface area contributed by atoms with Gasteiger partial charge in [-0.15, -0.1) is 10.2 Å². The van der Waals surface area contributed by atoms with Crippen molar-refractivity contribution in [1.29, 1.82) is 0 Å². The normalized spacial score (nSPS) is 12.7. The van der Waals surface area contributed by atoms with E-state index in [1.165, 1.54) is 7.11 Å². The van der Waals surface area contributed by atoms with Crippen LogP contribution >= 0.6 is 11.8 Å². The van der Waals surface area contributed by atoms with Crippen LogP contribution in [0.1, 0.15) is 5.82 Å². The second-order valence-electron chi connectivity index (χ2n) is 2.99. The van der Waals surface area contributed by atoms with Crippen molar-refractivity contribution in [1.82, 2.24) is 14.8 Å². The van der Waals surface area contributed by atoms with E-state index in [4.69, 9.17) is 9.84 Å². The third-order valence-electron chi connectivity index (χ3n) is 1.89. The lowest BCUT2D eigenvalue weighted by Gasteiger charge is -2.09. The van der Waals surface area contributed by atoms with E-state index in [0.29, 0.717) is 5.16 Å². The molecule has 1 aromatic rings. The van der Waals surface area contributed by atoms with Crippen LogP contribution in [0.4, 0.5) is 0 Å². The molecule has 15 heavy (non-hydrogen) atoms.